The van der Waals surface area contributed by atoms with E-state index < -0.39 is 41.5 Å². The molecule has 0 saturated carbocycles. The number of phenolic OH excluding ortho intramolecular Hbond substituents is 1. The van der Waals surface area contributed by atoms with Crippen LogP contribution in [0.5, 0.6) is 11.5 Å². The molecule has 0 aliphatic rings. The second kappa shape index (κ2) is 10.1. The molecule has 2 rings (SSSR count). The molecule has 0 atom stereocenters. The van der Waals surface area contributed by atoms with E-state index in [9.17, 15) is 36.1 Å². The van der Waals surface area contributed by atoms with Gasteiger partial charge in [-0.05, 0) is 24.3 Å². The normalized spacial score (nSPS) is 10.7. The molecular formula is C14H10CaO10S2. The summed E-state index contributed by atoms with van der Waals surface area (Å²) in [5.41, 5.74) is 0.0412. The number of carbonyl (C=O) groups is 2. The number of benzene rings is 2. The molecule has 0 saturated heterocycles. The van der Waals surface area contributed by atoms with Crippen molar-refractivity contribution in [1.29, 1.82) is 0 Å². The largest absolute Gasteiger partial charge is 2.00 e. The van der Waals surface area contributed by atoms with Crippen LogP contribution in [0.15, 0.2) is 46.2 Å². The molecule has 10 nitrogen and oxygen atoms in total. The van der Waals surface area contributed by atoms with Gasteiger partial charge in [-0.25, -0.2) is 8.42 Å². The van der Waals surface area contributed by atoms with Crippen LogP contribution in [-0.2, 0) is 20.2 Å². The molecule has 0 bridgehead atoms. The third-order valence-electron chi connectivity index (χ3n) is 2.77. The van der Waals surface area contributed by atoms with Crippen LogP contribution in [0.4, 0.5) is 0 Å². The molecule has 2 aromatic rings. The molecule has 27 heavy (non-hydrogen) atoms. The van der Waals surface area contributed by atoms with Crippen molar-refractivity contribution in [3.8, 4) is 11.5 Å². The maximum absolute atomic E-state index is 10.8. The Morgan fingerprint density at radius 2 is 1.30 bits per heavy atom. The van der Waals surface area contributed by atoms with Crippen LogP contribution in [0.1, 0.15) is 20.7 Å². The summed E-state index contributed by atoms with van der Waals surface area (Å²) in [4.78, 5) is 18.9. The molecule has 0 aliphatic carbocycles. The number of carbonyl (C=O) groups excluding carboxylic acids is 2. The van der Waals surface area contributed by atoms with Gasteiger partial charge in [-0.15, -0.1) is 0 Å². The van der Waals surface area contributed by atoms with E-state index >= 15 is 0 Å². The van der Waals surface area contributed by atoms with Gasteiger partial charge in [0.2, 0.25) is 0 Å². The standard InChI is InChI=1S/2C7H6O5S.Ca/c2*8-4-5-1-2-6(9)7(3-5)13(10,11)12;/h2*1-4,9H,(H,10,11,12);/q;;+2/p-2. The predicted octanol–water partition coefficient (Wildman–Crippen LogP) is -0.453. The Morgan fingerprint density at radius 3 is 1.70 bits per heavy atom. The average molecular weight is 442 g/mol. The minimum absolute atomic E-state index is 0. The molecule has 0 amide bonds. The summed E-state index contributed by atoms with van der Waals surface area (Å²) in [5.74, 6) is -1.49. The Hall–Kier alpha value is -1.54. The predicted molar refractivity (Wildman–Crippen MR) is 88.3 cm³/mol. The fraction of sp³-hybridized carbons (Fsp3) is 0. The molecular weight excluding hydrogens is 432 g/mol. The third-order valence-corrected chi connectivity index (χ3v) is 4.51. The molecule has 0 spiro atoms. The van der Waals surface area contributed by atoms with E-state index in [2.05, 4.69) is 0 Å². The van der Waals surface area contributed by atoms with E-state index in [4.69, 9.17) is 9.66 Å². The molecule has 140 valence electrons. The van der Waals surface area contributed by atoms with Crippen molar-refractivity contribution in [2.24, 2.45) is 0 Å². The van der Waals surface area contributed by atoms with Crippen LogP contribution >= 0.6 is 0 Å². The summed E-state index contributed by atoms with van der Waals surface area (Å²) in [5, 5.41) is 19.8. The Bertz CT molecular complexity index is 960. The van der Waals surface area contributed by atoms with Crippen LogP contribution in [0.3, 0.4) is 0 Å². The first-order chi connectivity index (χ1) is 11.9. The first kappa shape index (κ1) is 25.5. The summed E-state index contributed by atoms with van der Waals surface area (Å²) in [6, 6.07) is 5.91. The summed E-state index contributed by atoms with van der Waals surface area (Å²) >= 11 is 0. The molecule has 0 radical (unpaired) electrons. The SMILES string of the molecule is O=Cc1ccc(O)c(S(=O)(=O)O)c1.O=Cc1ccc([O-])c(S(=O)(=O)[O-])c1.[Ca+2]. The van der Waals surface area contributed by atoms with Crippen molar-refractivity contribution in [3.05, 3.63) is 47.5 Å². The molecule has 2 aromatic carbocycles. The van der Waals surface area contributed by atoms with Crippen LogP contribution in [0.25, 0.3) is 0 Å². The van der Waals surface area contributed by atoms with Crippen molar-refractivity contribution in [2.75, 3.05) is 0 Å². The monoisotopic (exact) mass is 442 g/mol. The minimum atomic E-state index is -4.79. The van der Waals surface area contributed by atoms with Gasteiger partial charge in [0.25, 0.3) is 10.1 Å². The quantitative estimate of drug-likeness (QED) is 0.356. The third kappa shape index (κ3) is 7.54. The van der Waals surface area contributed by atoms with Crippen LogP contribution in [0, 0.1) is 0 Å². The zero-order valence-corrected chi connectivity index (χ0v) is 17.1. The Labute approximate surface area is 184 Å². The Morgan fingerprint density at radius 1 is 0.852 bits per heavy atom. The van der Waals surface area contributed by atoms with E-state index in [1.165, 1.54) is 6.07 Å². The summed E-state index contributed by atoms with van der Waals surface area (Å²) in [6.07, 6.45) is 0.766. The molecule has 0 aromatic heterocycles. The summed E-state index contributed by atoms with van der Waals surface area (Å²) < 4.78 is 61.1. The van der Waals surface area contributed by atoms with Gasteiger partial charge in [-0.1, -0.05) is 17.9 Å². The molecule has 13 heteroatoms. The van der Waals surface area contributed by atoms with Gasteiger partial charge in [-0.3, -0.25) is 14.1 Å². The number of aldehydes is 2. The second-order valence-corrected chi connectivity index (χ2v) is 7.34. The van der Waals surface area contributed by atoms with E-state index in [0.717, 1.165) is 30.3 Å². The fourth-order valence-corrected chi connectivity index (χ4v) is 2.82. The fourth-order valence-electron chi connectivity index (χ4n) is 1.60. The van der Waals surface area contributed by atoms with Gasteiger partial charge in [0.15, 0.2) is 0 Å². The maximum atomic E-state index is 10.8. The number of hydrogen-bond acceptors (Lipinski definition) is 9. The van der Waals surface area contributed by atoms with Gasteiger partial charge < -0.3 is 14.8 Å². The Balaban J connectivity index is 0.000000483. The van der Waals surface area contributed by atoms with Crippen molar-refractivity contribution in [1.82, 2.24) is 0 Å². The van der Waals surface area contributed by atoms with E-state index in [1.54, 1.807) is 0 Å². The number of aromatic hydroxyl groups is 1. The summed E-state index contributed by atoms with van der Waals surface area (Å²) in [6.45, 7) is 0. The number of rotatable bonds is 4. The van der Waals surface area contributed by atoms with Gasteiger partial charge in [0.05, 0.1) is 0 Å². The minimum Gasteiger partial charge on any atom is -0.872 e. The van der Waals surface area contributed by atoms with E-state index in [1.807, 2.05) is 0 Å². The molecule has 0 fully saturated rings. The van der Waals surface area contributed by atoms with Crippen molar-refractivity contribution in [3.63, 3.8) is 0 Å². The second-order valence-electron chi connectivity index (χ2n) is 4.60. The van der Waals surface area contributed by atoms with Gasteiger partial charge in [-0.2, -0.15) is 8.42 Å². The number of phenols is 1. The van der Waals surface area contributed by atoms with Gasteiger partial charge in [0, 0.05) is 16.0 Å². The van der Waals surface area contributed by atoms with Crippen molar-refractivity contribution < 1.29 is 45.7 Å². The zero-order valence-electron chi connectivity index (χ0n) is 13.3. The van der Waals surface area contributed by atoms with Crippen LogP contribution < -0.4 is 5.11 Å². The zero-order chi connectivity index (χ0) is 20.1. The average Bonchev–Trinajstić information content (AvgIpc) is 2.54. The van der Waals surface area contributed by atoms with Crippen LogP contribution in [-0.4, -0.2) is 81.4 Å². The number of hydrogen-bond donors (Lipinski definition) is 2. The molecule has 0 aliphatic heterocycles. The van der Waals surface area contributed by atoms with Crippen molar-refractivity contribution in [2.45, 2.75) is 9.79 Å². The topological polar surface area (TPSA) is 189 Å². The van der Waals surface area contributed by atoms with Crippen molar-refractivity contribution >= 4 is 70.5 Å². The van der Waals surface area contributed by atoms with Gasteiger partial charge in [0.1, 0.15) is 33.3 Å². The molecule has 2 N–H and O–H groups in total. The van der Waals surface area contributed by atoms with E-state index in [-0.39, 0.29) is 48.9 Å². The molecule has 0 heterocycles. The Kier molecular flexibility index (Phi) is 9.55. The first-order valence-electron chi connectivity index (χ1n) is 6.38. The first-order valence-corrected chi connectivity index (χ1v) is 9.23. The smallest absolute Gasteiger partial charge is 0.872 e. The van der Waals surface area contributed by atoms with E-state index in [0.29, 0.717) is 12.6 Å². The summed E-state index contributed by atoms with van der Waals surface area (Å²) in [7, 11) is -9.26. The van der Waals surface area contributed by atoms with Gasteiger partial charge >= 0.3 is 37.7 Å². The van der Waals surface area contributed by atoms with Crippen LogP contribution in [0.2, 0.25) is 0 Å². The maximum Gasteiger partial charge on any atom is 2.00 e. The molecule has 0 unspecified atom stereocenters.